The van der Waals surface area contributed by atoms with Gasteiger partial charge in [0.15, 0.2) is 0 Å². The van der Waals surface area contributed by atoms with Gasteiger partial charge in [0.25, 0.3) is 0 Å². The van der Waals surface area contributed by atoms with E-state index in [-0.39, 0.29) is 0 Å². The van der Waals surface area contributed by atoms with Crippen molar-refractivity contribution < 1.29 is 0 Å². The van der Waals surface area contributed by atoms with Crippen LogP contribution in [0.5, 0.6) is 0 Å². The minimum absolute atomic E-state index is 1.26. The fourth-order valence-corrected chi connectivity index (χ4v) is 0.853. The van der Waals surface area contributed by atoms with Crippen molar-refractivity contribution in [2.75, 3.05) is 0 Å². The van der Waals surface area contributed by atoms with Gasteiger partial charge in [0, 0.05) is 24.8 Å². The highest BCUT2D eigenvalue weighted by molar-refractivity contribution is 5.06. The standard InChI is InChI=1S/2C6H7N.2C2H6/c2*1-6-2-4-7-5-3-6;2*1-2/h2*2-5H,1H3;2*1-2H3. The molecule has 0 atom stereocenters. The van der Waals surface area contributed by atoms with Crippen LogP contribution in [0.25, 0.3) is 0 Å². The summed E-state index contributed by atoms with van der Waals surface area (Å²) in [7, 11) is 0. The second-order valence-corrected chi connectivity index (χ2v) is 3.05. The lowest BCUT2D eigenvalue weighted by Gasteiger charge is -1.82. The van der Waals surface area contributed by atoms with E-state index in [0.29, 0.717) is 0 Å². The van der Waals surface area contributed by atoms with Crippen molar-refractivity contribution in [3.05, 3.63) is 60.2 Å². The molecule has 2 aromatic heterocycles. The molecule has 0 N–H and O–H groups in total. The monoisotopic (exact) mass is 246 g/mol. The first-order valence-corrected chi connectivity index (χ1v) is 6.52. The molecule has 2 nitrogen and oxygen atoms in total. The van der Waals surface area contributed by atoms with Crippen molar-refractivity contribution >= 4 is 0 Å². The molecule has 0 aliphatic rings. The molecule has 0 saturated carbocycles. The third-order valence-electron chi connectivity index (χ3n) is 1.69. The van der Waals surface area contributed by atoms with E-state index in [9.17, 15) is 0 Å². The molecule has 0 fully saturated rings. The molecule has 0 bridgehead atoms. The van der Waals surface area contributed by atoms with Crippen molar-refractivity contribution in [3.63, 3.8) is 0 Å². The molecule has 0 aromatic carbocycles. The molecular formula is C16H26N2. The van der Waals surface area contributed by atoms with E-state index in [1.807, 2.05) is 65.8 Å². The summed E-state index contributed by atoms with van der Waals surface area (Å²) in [5.74, 6) is 0. The van der Waals surface area contributed by atoms with Crippen molar-refractivity contribution in [2.45, 2.75) is 41.5 Å². The number of aryl methyl sites for hydroxylation is 2. The van der Waals surface area contributed by atoms with Gasteiger partial charge in [-0.2, -0.15) is 0 Å². The normalized spacial score (nSPS) is 7.44. The Hall–Kier alpha value is -1.70. The summed E-state index contributed by atoms with van der Waals surface area (Å²) in [6.45, 7) is 12.1. The average molecular weight is 246 g/mol. The van der Waals surface area contributed by atoms with Crippen LogP contribution in [0, 0.1) is 13.8 Å². The third-order valence-corrected chi connectivity index (χ3v) is 1.69. The van der Waals surface area contributed by atoms with Gasteiger partial charge in [0.2, 0.25) is 0 Å². The molecule has 0 amide bonds. The van der Waals surface area contributed by atoms with Crippen molar-refractivity contribution in [2.24, 2.45) is 0 Å². The van der Waals surface area contributed by atoms with Crippen LogP contribution in [-0.2, 0) is 0 Å². The van der Waals surface area contributed by atoms with Crippen molar-refractivity contribution in [3.8, 4) is 0 Å². The van der Waals surface area contributed by atoms with Gasteiger partial charge in [-0.05, 0) is 49.2 Å². The fourth-order valence-electron chi connectivity index (χ4n) is 0.853. The summed E-state index contributed by atoms with van der Waals surface area (Å²) in [6.07, 6.45) is 7.15. The Morgan fingerprint density at radius 1 is 0.556 bits per heavy atom. The molecule has 0 aliphatic carbocycles. The maximum absolute atomic E-state index is 3.85. The Bertz CT molecular complexity index is 306. The average Bonchev–Trinajstić information content (AvgIpc) is 2.46. The Balaban J connectivity index is 0. The predicted octanol–water partition coefficient (Wildman–Crippen LogP) is 4.83. The van der Waals surface area contributed by atoms with Crippen LogP contribution in [0.2, 0.25) is 0 Å². The van der Waals surface area contributed by atoms with Crippen LogP contribution in [0.3, 0.4) is 0 Å². The fraction of sp³-hybridized carbons (Fsp3) is 0.375. The highest BCUT2D eigenvalue weighted by Gasteiger charge is 1.73. The van der Waals surface area contributed by atoms with Gasteiger partial charge >= 0.3 is 0 Å². The Labute approximate surface area is 112 Å². The zero-order valence-electron chi connectivity index (χ0n) is 12.5. The Morgan fingerprint density at radius 3 is 0.889 bits per heavy atom. The van der Waals surface area contributed by atoms with Gasteiger partial charge in [-0.3, -0.25) is 9.97 Å². The quantitative estimate of drug-likeness (QED) is 0.665. The second-order valence-electron chi connectivity index (χ2n) is 3.05. The molecule has 0 saturated heterocycles. The van der Waals surface area contributed by atoms with E-state index >= 15 is 0 Å². The van der Waals surface area contributed by atoms with Gasteiger partial charge in [0.05, 0.1) is 0 Å². The molecule has 2 heteroatoms. The molecule has 100 valence electrons. The summed E-state index contributed by atoms with van der Waals surface area (Å²) in [6, 6.07) is 7.89. The highest BCUT2D eigenvalue weighted by Crippen LogP contribution is 1.89. The molecule has 2 rings (SSSR count). The van der Waals surface area contributed by atoms with Gasteiger partial charge in [-0.25, -0.2) is 0 Å². The number of hydrogen-bond donors (Lipinski definition) is 0. The van der Waals surface area contributed by atoms with Gasteiger partial charge in [-0.1, -0.05) is 27.7 Å². The van der Waals surface area contributed by atoms with Crippen molar-refractivity contribution in [1.82, 2.24) is 9.97 Å². The smallest absolute Gasteiger partial charge is 0.0270 e. The van der Waals surface area contributed by atoms with E-state index in [1.165, 1.54) is 11.1 Å². The van der Waals surface area contributed by atoms with E-state index in [0.717, 1.165) is 0 Å². The van der Waals surface area contributed by atoms with E-state index in [2.05, 4.69) is 9.97 Å². The predicted molar refractivity (Wildman–Crippen MR) is 80.6 cm³/mol. The number of hydrogen-bond acceptors (Lipinski definition) is 2. The van der Waals surface area contributed by atoms with Crippen LogP contribution in [0.15, 0.2) is 49.1 Å². The lowest BCUT2D eigenvalue weighted by molar-refractivity contribution is 1.29. The molecule has 0 unspecified atom stereocenters. The van der Waals surface area contributed by atoms with Gasteiger partial charge < -0.3 is 0 Å². The maximum Gasteiger partial charge on any atom is 0.0270 e. The van der Waals surface area contributed by atoms with Crippen LogP contribution in [0.1, 0.15) is 38.8 Å². The zero-order valence-corrected chi connectivity index (χ0v) is 12.5. The minimum Gasteiger partial charge on any atom is -0.265 e. The summed E-state index contributed by atoms with van der Waals surface area (Å²) >= 11 is 0. The largest absolute Gasteiger partial charge is 0.265 e. The molecule has 0 aliphatic heterocycles. The molecular weight excluding hydrogens is 220 g/mol. The molecule has 2 heterocycles. The first kappa shape index (κ1) is 18.7. The molecule has 0 radical (unpaired) electrons. The second kappa shape index (κ2) is 15.3. The topological polar surface area (TPSA) is 25.8 Å². The summed E-state index contributed by atoms with van der Waals surface area (Å²) in [5, 5.41) is 0. The minimum atomic E-state index is 1.26. The third kappa shape index (κ3) is 12.4. The SMILES string of the molecule is CC.CC.Cc1ccncc1.Cc1ccncc1. The van der Waals surface area contributed by atoms with Gasteiger partial charge in [-0.15, -0.1) is 0 Å². The number of aromatic nitrogens is 2. The molecule has 2 aromatic rings. The number of nitrogens with zero attached hydrogens (tertiary/aromatic N) is 2. The maximum atomic E-state index is 3.85. The first-order chi connectivity index (χ1) is 8.79. The number of rotatable bonds is 0. The van der Waals surface area contributed by atoms with Gasteiger partial charge in [0.1, 0.15) is 0 Å². The zero-order chi connectivity index (χ0) is 14.2. The Morgan fingerprint density at radius 2 is 0.778 bits per heavy atom. The highest BCUT2D eigenvalue weighted by atomic mass is 14.6. The number of pyridine rings is 2. The van der Waals surface area contributed by atoms with Crippen LogP contribution in [0.4, 0.5) is 0 Å². The first-order valence-electron chi connectivity index (χ1n) is 6.52. The van der Waals surface area contributed by atoms with E-state index in [1.54, 1.807) is 24.8 Å². The summed E-state index contributed by atoms with van der Waals surface area (Å²) < 4.78 is 0. The lowest BCUT2D eigenvalue weighted by atomic mass is 10.3. The van der Waals surface area contributed by atoms with Crippen LogP contribution in [-0.4, -0.2) is 9.97 Å². The van der Waals surface area contributed by atoms with E-state index < -0.39 is 0 Å². The summed E-state index contributed by atoms with van der Waals surface area (Å²) in [5.41, 5.74) is 2.52. The van der Waals surface area contributed by atoms with Crippen LogP contribution >= 0.6 is 0 Å². The molecule has 18 heavy (non-hydrogen) atoms. The van der Waals surface area contributed by atoms with Crippen LogP contribution < -0.4 is 0 Å². The van der Waals surface area contributed by atoms with Crippen molar-refractivity contribution in [1.29, 1.82) is 0 Å². The Kier molecular flexibility index (Phi) is 15.9. The summed E-state index contributed by atoms with van der Waals surface area (Å²) in [4.78, 5) is 7.69. The lowest BCUT2D eigenvalue weighted by Crippen LogP contribution is -1.68. The van der Waals surface area contributed by atoms with E-state index in [4.69, 9.17) is 0 Å². The molecule has 0 spiro atoms.